The molecule has 0 aliphatic carbocycles. The molecular weight excluding hydrogens is 1170 g/mol. The van der Waals surface area contributed by atoms with E-state index in [1.165, 1.54) is 63.5 Å². The lowest BCUT2D eigenvalue weighted by molar-refractivity contribution is 0.0992. The van der Waals surface area contributed by atoms with Gasteiger partial charge in [-0.05, 0) is 131 Å². The Morgan fingerprint density at radius 1 is 0.333 bits per heavy atom. The van der Waals surface area contributed by atoms with Gasteiger partial charge < -0.3 is 47.9 Å². The predicted octanol–water partition coefficient (Wildman–Crippen LogP) is 10.9. The number of primary amides is 3. The summed E-state index contributed by atoms with van der Waals surface area (Å²) in [5, 5.41) is 9.99. The Labute approximate surface area is 535 Å². The second kappa shape index (κ2) is 27.5. The largest absolute Gasteiger partial charge is 0.372 e. The number of pyridine rings is 1. The highest BCUT2D eigenvalue weighted by Gasteiger charge is 2.19. The van der Waals surface area contributed by atoms with Gasteiger partial charge in [-0.25, -0.2) is 44.9 Å². The molecule has 3 fully saturated rings. The summed E-state index contributed by atoms with van der Waals surface area (Å²) >= 11 is 0. The van der Waals surface area contributed by atoms with Crippen molar-refractivity contribution in [2.24, 2.45) is 17.2 Å². The number of fused-ring (bicyclic) bond motifs is 3. The molecule has 0 spiro atoms. The number of piperidine rings is 3. The number of rotatable bonds is 15. The first-order valence-corrected chi connectivity index (χ1v) is 31.2. The number of anilines is 9. The topological polar surface area (TPSA) is 304 Å². The van der Waals surface area contributed by atoms with Crippen LogP contribution >= 0.6 is 0 Å². The summed E-state index contributed by atoms with van der Waals surface area (Å²) in [6.45, 7) is 6.40. The molecule has 0 bridgehead atoms. The number of aromatic nitrogens is 12. The third kappa shape index (κ3) is 13.7. The molecular formula is C69H69N21O3. The van der Waals surface area contributed by atoms with Crippen LogP contribution in [0.5, 0.6) is 0 Å². The first kappa shape index (κ1) is 60.1. The lowest BCUT2D eigenvalue weighted by Gasteiger charge is -2.28. The van der Waals surface area contributed by atoms with Crippen LogP contribution in [0.3, 0.4) is 0 Å². The number of amides is 3. The maximum absolute atomic E-state index is 11.3. The number of hydrogen-bond acceptors (Lipinski definition) is 18. The quantitative estimate of drug-likeness (QED) is 0.0556. The van der Waals surface area contributed by atoms with Crippen molar-refractivity contribution in [2.75, 3.05) is 69.9 Å². The highest BCUT2D eigenvalue weighted by atomic mass is 16.2. The summed E-state index contributed by atoms with van der Waals surface area (Å²) in [6.07, 6.45) is 32.8. The fourth-order valence-corrected chi connectivity index (χ4v) is 11.8. The first-order valence-electron chi connectivity index (χ1n) is 31.2. The second-order valence-corrected chi connectivity index (χ2v) is 22.9. The van der Waals surface area contributed by atoms with Gasteiger partial charge in [0.25, 0.3) is 0 Å². The average molecular weight is 1240 g/mol. The second-order valence-electron chi connectivity index (χ2n) is 22.9. The number of carbonyl (C=O) groups excluding carboxylic acids is 3. The van der Waals surface area contributed by atoms with Crippen LogP contribution in [0.1, 0.15) is 88.9 Å². The predicted molar refractivity (Wildman–Crippen MR) is 362 cm³/mol. The van der Waals surface area contributed by atoms with Gasteiger partial charge in [-0.15, -0.1) is 0 Å². The molecule has 0 saturated carbocycles. The number of hydrogen-bond donors (Lipinski definition) is 6. The Balaban J connectivity index is 0.000000127. The summed E-state index contributed by atoms with van der Waals surface area (Å²) < 4.78 is 5.89. The van der Waals surface area contributed by atoms with Crippen molar-refractivity contribution < 1.29 is 14.4 Å². The van der Waals surface area contributed by atoms with Crippen LogP contribution in [0.4, 0.5) is 52.0 Å². The fraction of sp³-hybridized carbons (Fsp3) is 0.217. The van der Waals surface area contributed by atoms with Gasteiger partial charge in [0.15, 0.2) is 34.4 Å². The number of nitrogens with two attached hydrogens (primary N) is 3. The fourth-order valence-electron chi connectivity index (χ4n) is 11.8. The van der Waals surface area contributed by atoms with E-state index in [2.05, 4.69) is 99.8 Å². The third-order valence-electron chi connectivity index (χ3n) is 16.8. The van der Waals surface area contributed by atoms with Gasteiger partial charge in [0.05, 0.1) is 65.6 Å². The highest BCUT2D eigenvalue weighted by molar-refractivity contribution is 5.94. The lowest BCUT2D eigenvalue weighted by atomic mass is 10.1. The smallest absolute Gasteiger partial charge is 0.248 e. The standard InChI is InChI=1S/C24H24N6O.C23H23N7O.C22H22N8O/c25-22(31)18-6-4-17(5-7-18)21-16-27-23(24-26-12-15-30(21)24)28-19-8-10-20(11-9-19)29-13-2-1-3-14-29;24-21(31)17-6-4-16(5-7-17)19-15-27-22(23-25-10-13-30(19)23)28-18-8-9-20(26-14-18)29-11-2-1-3-12-29;23-19(31)16-6-4-15(5-7-16)18-14-25-20(21-24-8-11-30(18)21)28-17-12-26-22(27-13-17)29-9-2-1-3-10-29/h4-12,15-16H,1-3,13-14H2,(H2,25,31)(H,27,28);4-10,13-15H,1-3,11-12H2,(H2,24,31)(H,27,28);4-8,11-14H,1-3,9-10H2,(H2,23,31)(H,25,28). The maximum Gasteiger partial charge on any atom is 0.248 e. The molecule has 468 valence electrons. The van der Waals surface area contributed by atoms with Crippen molar-refractivity contribution in [1.82, 2.24) is 58.1 Å². The van der Waals surface area contributed by atoms with Crippen LogP contribution in [0.2, 0.25) is 0 Å². The Bertz CT molecular complexity index is 4090. The van der Waals surface area contributed by atoms with Crippen molar-refractivity contribution in [3.63, 3.8) is 0 Å². The van der Waals surface area contributed by atoms with E-state index in [1.807, 2.05) is 86.5 Å². The van der Waals surface area contributed by atoms with Crippen molar-refractivity contribution >= 4 is 86.6 Å². The molecule has 24 heteroatoms. The number of imidazole rings is 3. The molecule has 0 atom stereocenters. The SMILES string of the molecule is NC(=O)c1ccc(-c2cnc(Nc3ccc(N4CCCCC4)cc3)c3nccn23)cc1.NC(=O)c1ccc(-c2cnc(Nc3ccc(N4CCCCC4)nc3)c3nccn23)cc1.NC(=O)c1ccc(-c2cnc(Nc3cnc(N4CCCCC4)nc3)c3nccn23)cc1. The zero-order valence-corrected chi connectivity index (χ0v) is 51.1. The molecule has 0 unspecified atom stereocenters. The van der Waals surface area contributed by atoms with E-state index < -0.39 is 17.7 Å². The van der Waals surface area contributed by atoms with Crippen LogP contribution in [0, 0.1) is 0 Å². The van der Waals surface area contributed by atoms with E-state index in [0.717, 1.165) is 108 Å². The Morgan fingerprint density at radius 2 is 0.688 bits per heavy atom. The van der Waals surface area contributed by atoms with Gasteiger partial charge in [-0.3, -0.25) is 27.6 Å². The zero-order valence-electron chi connectivity index (χ0n) is 51.1. The average Bonchev–Trinajstić information content (AvgIpc) is 1.79. The van der Waals surface area contributed by atoms with Gasteiger partial charge in [0.1, 0.15) is 5.82 Å². The maximum atomic E-state index is 11.3. The van der Waals surface area contributed by atoms with Gasteiger partial charge in [-0.1, -0.05) is 36.4 Å². The number of nitrogens with zero attached hydrogens (tertiary/aromatic N) is 15. The Morgan fingerprint density at radius 3 is 1.08 bits per heavy atom. The van der Waals surface area contributed by atoms with Crippen LogP contribution in [-0.2, 0) is 0 Å². The van der Waals surface area contributed by atoms with Gasteiger partial charge in [-0.2, -0.15) is 0 Å². The van der Waals surface area contributed by atoms with Crippen LogP contribution in [-0.4, -0.2) is 115 Å². The van der Waals surface area contributed by atoms with Gasteiger partial charge in [0, 0.05) is 121 Å². The molecule has 3 saturated heterocycles. The molecule has 4 aromatic carbocycles. The summed E-state index contributed by atoms with van der Waals surface area (Å²) in [5.41, 5.74) is 28.7. The van der Waals surface area contributed by atoms with E-state index in [9.17, 15) is 14.4 Å². The summed E-state index contributed by atoms with van der Waals surface area (Å²) in [5.74, 6) is 2.38. The molecule has 93 heavy (non-hydrogen) atoms. The summed E-state index contributed by atoms with van der Waals surface area (Å²) in [4.78, 5) is 81.8. The minimum Gasteiger partial charge on any atom is -0.372 e. The number of benzene rings is 4. The zero-order chi connectivity index (χ0) is 63.6. The third-order valence-corrected chi connectivity index (χ3v) is 16.8. The monoisotopic (exact) mass is 1240 g/mol. The van der Waals surface area contributed by atoms with E-state index >= 15 is 0 Å². The molecule has 24 nitrogen and oxygen atoms in total. The molecule has 8 aromatic heterocycles. The van der Waals surface area contributed by atoms with E-state index in [0.29, 0.717) is 45.4 Å². The van der Waals surface area contributed by atoms with Crippen molar-refractivity contribution in [3.8, 4) is 33.8 Å². The van der Waals surface area contributed by atoms with E-state index in [4.69, 9.17) is 17.2 Å². The number of carbonyl (C=O) groups is 3. The van der Waals surface area contributed by atoms with Crippen molar-refractivity contribution in [1.29, 1.82) is 0 Å². The van der Waals surface area contributed by atoms with Crippen molar-refractivity contribution in [2.45, 2.75) is 57.8 Å². The van der Waals surface area contributed by atoms with Gasteiger partial charge in [0.2, 0.25) is 23.7 Å². The molecule has 3 aliphatic rings. The molecule has 3 aliphatic heterocycles. The highest BCUT2D eigenvalue weighted by Crippen LogP contribution is 2.31. The molecule has 0 radical (unpaired) electrons. The van der Waals surface area contributed by atoms with Crippen LogP contribution < -0.4 is 47.9 Å². The Kier molecular flexibility index (Phi) is 17.8. The minimum atomic E-state index is -0.453. The molecule has 9 N–H and O–H groups in total. The molecule has 12 aromatic rings. The molecule has 11 heterocycles. The van der Waals surface area contributed by atoms with Crippen LogP contribution in [0.15, 0.2) is 184 Å². The molecule has 15 rings (SSSR count). The lowest BCUT2D eigenvalue weighted by Crippen LogP contribution is -2.30. The van der Waals surface area contributed by atoms with Crippen molar-refractivity contribution in [3.05, 3.63) is 200 Å². The van der Waals surface area contributed by atoms with E-state index in [-0.39, 0.29) is 0 Å². The summed E-state index contributed by atoms with van der Waals surface area (Å²) in [6, 6.07) is 33.9. The molecule has 3 amide bonds. The summed E-state index contributed by atoms with van der Waals surface area (Å²) in [7, 11) is 0. The van der Waals surface area contributed by atoms with E-state index in [1.54, 1.807) is 86.0 Å². The van der Waals surface area contributed by atoms with Gasteiger partial charge >= 0.3 is 0 Å². The first-order chi connectivity index (χ1) is 45.6. The van der Waals surface area contributed by atoms with Crippen LogP contribution in [0.25, 0.3) is 50.7 Å². The minimum absolute atomic E-state index is 0.441. The number of nitrogens with one attached hydrogen (secondary N) is 3. The Hall–Kier alpha value is -11.8. The normalized spacial score (nSPS) is 14.0.